The fraction of sp³-hybridized carbons (Fsp3) is 0.846. The molecule has 0 aliphatic carbocycles. The highest BCUT2D eigenvalue weighted by atomic mass is 32.1. The van der Waals surface area contributed by atoms with Crippen LogP contribution in [0, 0.1) is 5.92 Å². The third-order valence-electron chi connectivity index (χ3n) is 4.10. The normalized spacial score (nSPS) is 17.6. The van der Waals surface area contributed by atoms with E-state index in [-0.39, 0.29) is 6.03 Å². The smallest absolute Gasteiger partial charge is 0.318 e. The molecule has 0 aromatic rings. The highest BCUT2D eigenvalue weighted by Crippen LogP contribution is 2.19. The van der Waals surface area contributed by atoms with E-state index in [0.29, 0.717) is 10.9 Å². The molecule has 1 rings (SSSR count). The number of thiocarbonyl (C=S) groups is 1. The van der Waals surface area contributed by atoms with Crippen LogP contribution in [0.15, 0.2) is 0 Å². The third-order valence-corrected chi connectivity index (χ3v) is 4.49. The molecule has 18 heavy (non-hydrogen) atoms. The third kappa shape index (κ3) is 3.34. The summed E-state index contributed by atoms with van der Waals surface area (Å²) < 4.78 is 0. The first kappa shape index (κ1) is 15.2. The maximum atomic E-state index is 12.2. The van der Waals surface area contributed by atoms with Gasteiger partial charge in [-0.15, -0.1) is 0 Å². The molecule has 4 nitrogen and oxygen atoms in total. The average molecular weight is 271 g/mol. The summed E-state index contributed by atoms with van der Waals surface area (Å²) in [6.07, 6.45) is 3.61. The number of likely N-dealkylation sites (tertiary alicyclic amines) is 1. The van der Waals surface area contributed by atoms with Crippen LogP contribution < -0.4 is 11.1 Å². The molecule has 0 radical (unpaired) electrons. The van der Waals surface area contributed by atoms with Gasteiger partial charge in [-0.3, -0.25) is 0 Å². The zero-order valence-electron chi connectivity index (χ0n) is 11.7. The molecule has 0 atom stereocenters. The van der Waals surface area contributed by atoms with Gasteiger partial charge in [0.2, 0.25) is 0 Å². The first-order chi connectivity index (χ1) is 8.45. The largest absolute Gasteiger partial charge is 0.391 e. The number of nitrogens with one attached hydrogen (secondary N) is 1. The van der Waals surface area contributed by atoms with Crippen molar-refractivity contribution in [1.82, 2.24) is 10.2 Å². The van der Waals surface area contributed by atoms with Crippen molar-refractivity contribution < 1.29 is 4.79 Å². The van der Waals surface area contributed by atoms with E-state index in [1.807, 2.05) is 18.7 Å². The van der Waals surface area contributed by atoms with Crippen LogP contribution in [0.2, 0.25) is 0 Å². The molecule has 3 N–H and O–H groups in total. The van der Waals surface area contributed by atoms with Crippen LogP contribution >= 0.6 is 12.2 Å². The maximum absolute atomic E-state index is 12.2. The predicted octanol–water partition coefficient (Wildman–Crippen LogP) is 2.27. The van der Waals surface area contributed by atoms with Crippen LogP contribution in [-0.4, -0.2) is 34.5 Å². The van der Waals surface area contributed by atoms with Gasteiger partial charge < -0.3 is 16.0 Å². The van der Waals surface area contributed by atoms with Crippen LogP contribution in [0.1, 0.15) is 46.5 Å². The van der Waals surface area contributed by atoms with Gasteiger partial charge in [-0.2, -0.15) is 0 Å². The summed E-state index contributed by atoms with van der Waals surface area (Å²) >= 11 is 5.11. The van der Waals surface area contributed by atoms with Crippen molar-refractivity contribution in [3.8, 4) is 0 Å². The van der Waals surface area contributed by atoms with Gasteiger partial charge in [0.05, 0.1) is 10.5 Å². The van der Waals surface area contributed by atoms with E-state index in [9.17, 15) is 4.79 Å². The van der Waals surface area contributed by atoms with E-state index in [0.717, 1.165) is 38.8 Å². The summed E-state index contributed by atoms with van der Waals surface area (Å²) in [4.78, 5) is 14.5. The first-order valence-electron chi connectivity index (χ1n) is 6.82. The molecule has 1 saturated heterocycles. The molecule has 0 bridgehead atoms. The molecular weight excluding hydrogens is 246 g/mol. The molecule has 1 aliphatic rings. The Balaban J connectivity index is 2.64. The Kier molecular flexibility index (Phi) is 5.38. The zero-order chi connectivity index (χ0) is 13.8. The van der Waals surface area contributed by atoms with Gasteiger partial charge in [0, 0.05) is 13.1 Å². The minimum absolute atomic E-state index is 0.0293. The molecular formula is C13H25N3OS. The molecule has 5 heteroatoms. The number of carbonyl (C=O) groups is 1. The highest BCUT2D eigenvalue weighted by Gasteiger charge is 2.33. The summed E-state index contributed by atoms with van der Waals surface area (Å²) in [7, 11) is 0. The Morgan fingerprint density at radius 3 is 2.28 bits per heavy atom. The lowest BCUT2D eigenvalue weighted by Crippen LogP contribution is -2.59. The summed E-state index contributed by atoms with van der Waals surface area (Å²) in [5, 5.41) is 3.03. The molecule has 0 unspecified atom stereocenters. The lowest BCUT2D eigenvalue weighted by molar-refractivity contribution is 0.166. The van der Waals surface area contributed by atoms with Crippen molar-refractivity contribution >= 4 is 23.2 Å². The number of amides is 2. The summed E-state index contributed by atoms with van der Waals surface area (Å²) in [6, 6.07) is -0.0293. The van der Waals surface area contributed by atoms with E-state index >= 15 is 0 Å². The van der Waals surface area contributed by atoms with E-state index in [4.69, 9.17) is 18.0 Å². The Morgan fingerprint density at radius 1 is 1.39 bits per heavy atom. The molecule has 2 amide bonds. The molecule has 104 valence electrons. The van der Waals surface area contributed by atoms with Gasteiger partial charge in [-0.05, 0) is 31.6 Å². The van der Waals surface area contributed by atoms with Crippen molar-refractivity contribution in [1.29, 1.82) is 0 Å². The lowest BCUT2D eigenvalue weighted by Gasteiger charge is -2.36. The molecule has 0 saturated carbocycles. The van der Waals surface area contributed by atoms with Gasteiger partial charge >= 0.3 is 6.03 Å². The highest BCUT2D eigenvalue weighted by molar-refractivity contribution is 7.80. The second-order valence-corrected chi connectivity index (χ2v) is 5.69. The number of urea groups is 1. The molecule has 1 aliphatic heterocycles. The van der Waals surface area contributed by atoms with Crippen LogP contribution in [0.5, 0.6) is 0 Å². The van der Waals surface area contributed by atoms with Crippen molar-refractivity contribution in [3.05, 3.63) is 0 Å². The van der Waals surface area contributed by atoms with E-state index in [1.54, 1.807) is 0 Å². The number of rotatable bonds is 4. The Hall–Kier alpha value is -0.840. The quantitative estimate of drug-likeness (QED) is 0.771. The van der Waals surface area contributed by atoms with Gasteiger partial charge in [-0.25, -0.2) is 4.79 Å². The topological polar surface area (TPSA) is 58.4 Å². The van der Waals surface area contributed by atoms with Gasteiger partial charge in [0.1, 0.15) is 0 Å². The Bertz CT molecular complexity index is 307. The first-order valence-corrected chi connectivity index (χ1v) is 7.23. The van der Waals surface area contributed by atoms with E-state index in [2.05, 4.69) is 12.2 Å². The second kappa shape index (κ2) is 6.36. The molecule has 0 aromatic carbocycles. The summed E-state index contributed by atoms with van der Waals surface area (Å²) in [5.74, 6) is 0.715. The van der Waals surface area contributed by atoms with Crippen LogP contribution in [0.3, 0.4) is 0 Å². The van der Waals surface area contributed by atoms with Crippen LogP contribution in [0.25, 0.3) is 0 Å². The predicted molar refractivity (Wildman–Crippen MR) is 78.6 cm³/mol. The summed E-state index contributed by atoms with van der Waals surface area (Å²) in [6.45, 7) is 7.89. The van der Waals surface area contributed by atoms with Crippen molar-refractivity contribution in [3.63, 3.8) is 0 Å². The lowest BCUT2D eigenvalue weighted by atomic mass is 9.93. The fourth-order valence-electron chi connectivity index (χ4n) is 2.33. The molecule has 1 fully saturated rings. The zero-order valence-corrected chi connectivity index (χ0v) is 12.5. The van der Waals surface area contributed by atoms with Gasteiger partial charge in [0.15, 0.2) is 0 Å². The number of carbonyl (C=O) groups excluding carboxylic acids is 1. The minimum atomic E-state index is -0.532. The molecule has 1 heterocycles. The SMILES string of the molecule is CCC(CC)(NC(=O)N1CCC(C)CC1)C(N)=S. The molecule has 0 spiro atoms. The minimum Gasteiger partial charge on any atom is -0.391 e. The second-order valence-electron chi connectivity index (χ2n) is 5.25. The van der Waals surface area contributed by atoms with Crippen LogP contribution in [-0.2, 0) is 0 Å². The Morgan fingerprint density at radius 2 is 1.89 bits per heavy atom. The number of hydrogen-bond acceptors (Lipinski definition) is 2. The van der Waals surface area contributed by atoms with Gasteiger partial charge in [0.25, 0.3) is 0 Å². The van der Waals surface area contributed by atoms with Crippen LogP contribution in [0.4, 0.5) is 4.79 Å². The van der Waals surface area contributed by atoms with E-state index < -0.39 is 5.54 Å². The number of nitrogens with zero attached hydrogens (tertiary/aromatic N) is 1. The summed E-state index contributed by atoms with van der Waals surface area (Å²) in [5.41, 5.74) is 5.26. The molecule has 0 aromatic heterocycles. The number of hydrogen-bond donors (Lipinski definition) is 2. The number of piperidine rings is 1. The fourth-order valence-corrected chi connectivity index (χ4v) is 2.67. The van der Waals surface area contributed by atoms with Crippen molar-refractivity contribution in [2.75, 3.05) is 13.1 Å². The standard InChI is InChI=1S/C13H25N3OS/c1-4-13(5-2,11(14)18)15-12(17)16-8-6-10(3)7-9-16/h10H,4-9H2,1-3H3,(H2,14,18)(H,15,17). The van der Waals surface area contributed by atoms with Crippen molar-refractivity contribution in [2.45, 2.75) is 52.0 Å². The monoisotopic (exact) mass is 271 g/mol. The van der Waals surface area contributed by atoms with Crippen molar-refractivity contribution in [2.24, 2.45) is 11.7 Å². The average Bonchev–Trinajstić information content (AvgIpc) is 2.36. The number of nitrogens with two attached hydrogens (primary N) is 1. The Labute approximate surface area is 115 Å². The maximum Gasteiger partial charge on any atom is 0.318 e. The van der Waals surface area contributed by atoms with Gasteiger partial charge in [-0.1, -0.05) is 33.0 Å². The van der Waals surface area contributed by atoms with E-state index in [1.165, 1.54) is 0 Å².